The first kappa shape index (κ1) is 101. The summed E-state index contributed by atoms with van der Waals surface area (Å²) >= 11 is 0. The van der Waals surface area contributed by atoms with Gasteiger partial charge in [0.25, 0.3) is 0 Å². The summed E-state index contributed by atoms with van der Waals surface area (Å²) < 4.78 is 0. The van der Waals surface area contributed by atoms with Gasteiger partial charge >= 0.3 is 0 Å². The van der Waals surface area contributed by atoms with Crippen LogP contribution < -0.4 is 0 Å². The van der Waals surface area contributed by atoms with E-state index in [1.807, 2.05) is 166 Å². The standard InChI is InChI=1S/3C22H23N.12C2H6.V/c2*1-16-18(3)23-22(15-20-12-8-5-9-13-20)17(2)21(16)14-19-10-6-4-7-11-19;1-16-17(2)21(14-19-10-6-4-7-11-19)23-22(18(16)3)15-20-12-8-5-9-13-20;12*1-2;/h3*4-13H,14-15H2,1-3H3;12*1-2H3;. The Labute approximate surface area is 596 Å². The van der Waals surface area contributed by atoms with E-state index in [-0.39, 0.29) is 18.6 Å². The van der Waals surface area contributed by atoms with Crippen LogP contribution in [0.4, 0.5) is 0 Å². The molecule has 0 aliphatic rings. The first-order valence-corrected chi connectivity index (χ1v) is 36.5. The van der Waals surface area contributed by atoms with E-state index in [0.717, 1.165) is 49.9 Å². The van der Waals surface area contributed by atoms with Gasteiger partial charge < -0.3 is 0 Å². The molecule has 0 N–H and O–H groups in total. The van der Waals surface area contributed by atoms with Crippen LogP contribution in [0, 0.1) is 62.3 Å². The van der Waals surface area contributed by atoms with Crippen molar-refractivity contribution < 1.29 is 18.6 Å². The summed E-state index contributed by atoms with van der Waals surface area (Å²) in [7, 11) is 0. The zero-order valence-corrected chi connectivity index (χ0v) is 68.2. The van der Waals surface area contributed by atoms with E-state index in [2.05, 4.69) is 244 Å². The molecule has 3 nitrogen and oxygen atoms in total. The van der Waals surface area contributed by atoms with E-state index in [1.54, 1.807) is 0 Å². The van der Waals surface area contributed by atoms with Crippen LogP contribution >= 0.6 is 0 Å². The Balaban J connectivity index is -0.000000206. The van der Waals surface area contributed by atoms with Gasteiger partial charge in [0.1, 0.15) is 0 Å². The fourth-order valence-electron chi connectivity index (χ4n) is 9.11. The van der Waals surface area contributed by atoms with Gasteiger partial charge in [-0.2, -0.15) is 0 Å². The molecular formula is C90H141N3V. The predicted octanol–water partition coefficient (Wildman–Crippen LogP) is 27.9. The van der Waals surface area contributed by atoms with E-state index >= 15 is 0 Å². The van der Waals surface area contributed by atoms with Gasteiger partial charge in [0.2, 0.25) is 0 Å². The molecule has 0 aliphatic heterocycles. The molecule has 521 valence electrons. The smallest absolute Gasteiger partial charge is 0.0482 e. The van der Waals surface area contributed by atoms with Crippen molar-refractivity contribution in [3.8, 4) is 0 Å². The molecule has 0 spiro atoms. The minimum Gasteiger partial charge on any atom is -0.257 e. The molecule has 4 heteroatoms. The molecule has 94 heavy (non-hydrogen) atoms. The van der Waals surface area contributed by atoms with Crippen molar-refractivity contribution in [2.75, 3.05) is 0 Å². The van der Waals surface area contributed by atoms with Crippen molar-refractivity contribution >= 4 is 0 Å². The topological polar surface area (TPSA) is 38.7 Å². The number of rotatable bonds is 12. The molecule has 9 aromatic rings. The Morgan fingerprint density at radius 3 is 0.521 bits per heavy atom. The molecule has 0 unspecified atom stereocenters. The van der Waals surface area contributed by atoms with Gasteiger partial charge in [-0.3, -0.25) is 15.0 Å². The second kappa shape index (κ2) is 69.2. The number of benzene rings is 6. The van der Waals surface area contributed by atoms with Gasteiger partial charge in [-0.1, -0.05) is 348 Å². The van der Waals surface area contributed by atoms with Crippen LogP contribution in [0.1, 0.15) is 284 Å². The molecule has 0 atom stereocenters. The number of nitrogens with zero attached hydrogens (tertiary/aromatic N) is 3. The first-order chi connectivity index (χ1) is 45.4. The number of aryl methyl sites for hydroxylation is 2. The van der Waals surface area contributed by atoms with Crippen LogP contribution in [0.25, 0.3) is 0 Å². The molecule has 0 bridgehead atoms. The van der Waals surface area contributed by atoms with Crippen molar-refractivity contribution in [1.82, 2.24) is 15.0 Å². The van der Waals surface area contributed by atoms with Crippen molar-refractivity contribution in [3.63, 3.8) is 0 Å². The quantitative estimate of drug-likeness (QED) is 0.122. The molecule has 0 saturated carbocycles. The Morgan fingerprint density at radius 1 is 0.181 bits per heavy atom. The van der Waals surface area contributed by atoms with Gasteiger partial charge in [0.05, 0.1) is 0 Å². The van der Waals surface area contributed by atoms with Crippen molar-refractivity contribution in [2.45, 2.75) is 267 Å². The monoisotopic (exact) mass is 1320 g/mol. The van der Waals surface area contributed by atoms with E-state index in [4.69, 9.17) is 15.0 Å². The normalized spacial score (nSPS) is 8.65. The average Bonchev–Trinajstić information content (AvgIpc) is 0.963. The third-order valence-corrected chi connectivity index (χ3v) is 13.9. The molecule has 0 amide bonds. The molecule has 0 saturated heterocycles. The largest absolute Gasteiger partial charge is 0.257 e. The minimum absolute atomic E-state index is 0. The summed E-state index contributed by atoms with van der Waals surface area (Å²) in [4.78, 5) is 14.8. The third-order valence-electron chi connectivity index (χ3n) is 13.9. The minimum atomic E-state index is 0. The van der Waals surface area contributed by atoms with Crippen LogP contribution in [-0.4, -0.2) is 15.0 Å². The molecule has 9 rings (SSSR count). The maximum atomic E-state index is 5.02. The fraction of sp³-hybridized carbons (Fsp3) is 0.433. The zero-order chi connectivity index (χ0) is 72.7. The molecule has 0 fully saturated rings. The van der Waals surface area contributed by atoms with Gasteiger partial charge in [-0.25, -0.2) is 0 Å². The third kappa shape index (κ3) is 38.7. The molecule has 0 aliphatic carbocycles. The number of pyridine rings is 3. The van der Waals surface area contributed by atoms with Gasteiger partial charge in [0.15, 0.2) is 0 Å². The van der Waals surface area contributed by atoms with Crippen molar-refractivity contribution in [3.05, 3.63) is 300 Å². The van der Waals surface area contributed by atoms with Crippen LogP contribution in [0.5, 0.6) is 0 Å². The molecule has 1 radical (unpaired) electrons. The van der Waals surface area contributed by atoms with E-state index in [1.165, 1.54) is 106 Å². The molecule has 3 heterocycles. The Morgan fingerprint density at radius 2 is 0.340 bits per heavy atom. The zero-order valence-electron chi connectivity index (χ0n) is 66.9. The Bertz CT molecular complexity index is 2760. The summed E-state index contributed by atoms with van der Waals surface area (Å²) in [6, 6.07) is 63.8. The van der Waals surface area contributed by atoms with Crippen LogP contribution in [0.3, 0.4) is 0 Å². The van der Waals surface area contributed by atoms with E-state index in [0.29, 0.717) is 0 Å². The van der Waals surface area contributed by atoms with Crippen LogP contribution in [-0.2, 0) is 57.1 Å². The molecule has 3 aromatic heterocycles. The van der Waals surface area contributed by atoms with Crippen LogP contribution in [0.15, 0.2) is 182 Å². The molecular weight excluding hydrogens is 1170 g/mol. The fourth-order valence-corrected chi connectivity index (χ4v) is 9.11. The second-order valence-corrected chi connectivity index (χ2v) is 18.6. The number of hydrogen-bond donors (Lipinski definition) is 0. The first-order valence-electron chi connectivity index (χ1n) is 36.5. The second-order valence-electron chi connectivity index (χ2n) is 18.6. The van der Waals surface area contributed by atoms with Gasteiger partial charge in [0, 0.05) is 78.4 Å². The maximum absolute atomic E-state index is 5.02. The summed E-state index contributed by atoms with van der Waals surface area (Å²) in [5, 5.41) is 0. The Kier molecular flexibility index (Phi) is 74.3. The summed E-state index contributed by atoms with van der Waals surface area (Å²) in [5.74, 6) is 0. The average molecular weight is 1320 g/mol. The summed E-state index contributed by atoms with van der Waals surface area (Å²) in [6.07, 6.45) is 5.55. The summed E-state index contributed by atoms with van der Waals surface area (Å²) in [5.41, 5.74) is 27.2. The van der Waals surface area contributed by atoms with Gasteiger partial charge in [-0.15, -0.1) is 0 Å². The van der Waals surface area contributed by atoms with E-state index in [9.17, 15) is 0 Å². The maximum Gasteiger partial charge on any atom is 0.0482 e. The SMILES string of the molecule is CC.CC.CC.CC.CC.CC.CC.CC.CC.CC.CC.CC.Cc1c(Cc2ccccc2)nc(Cc2ccccc2)c(C)c1C.Cc1nc(Cc2ccccc2)c(C)c(Cc2ccccc2)c1C.Cc1nc(Cc2ccccc2)c(C)c(Cc2ccccc2)c1C.[V]. The number of hydrogen-bond acceptors (Lipinski definition) is 3. The predicted molar refractivity (Wildman–Crippen MR) is 427 cm³/mol. The Hall–Kier alpha value is -6.65. The van der Waals surface area contributed by atoms with Gasteiger partial charge in [-0.05, 0) is 159 Å². The van der Waals surface area contributed by atoms with E-state index < -0.39 is 0 Å². The van der Waals surface area contributed by atoms with Crippen LogP contribution in [0.2, 0.25) is 0 Å². The van der Waals surface area contributed by atoms with Crippen molar-refractivity contribution in [2.24, 2.45) is 0 Å². The number of aromatic nitrogens is 3. The molecule has 6 aromatic carbocycles. The summed E-state index contributed by atoms with van der Waals surface area (Å²) in [6.45, 7) is 67.7. The van der Waals surface area contributed by atoms with Crippen molar-refractivity contribution in [1.29, 1.82) is 0 Å².